The van der Waals surface area contributed by atoms with Gasteiger partial charge < -0.3 is 20.3 Å². The highest BCUT2D eigenvalue weighted by Gasteiger charge is 2.37. The maximum atomic E-state index is 10.5. The van der Waals surface area contributed by atoms with Crippen molar-refractivity contribution in [3.8, 4) is 22.7 Å². The third-order valence-corrected chi connectivity index (χ3v) is 5.25. The second kappa shape index (κ2) is 7.15. The lowest BCUT2D eigenvalue weighted by atomic mass is 9.79. The van der Waals surface area contributed by atoms with Crippen molar-refractivity contribution in [2.75, 3.05) is 5.32 Å². The third-order valence-electron chi connectivity index (χ3n) is 5.25. The van der Waals surface area contributed by atoms with E-state index in [4.69, 9.17) is 0 Å². The van der Waals surface area contributed by atoms with Crippen LogP contribution in [0.25, 0.3) is 16.9 Å². The van der Waals surface area contributed by atoms with Crippen LogP contribution in [0.15, 0.2) is 49.3 Å². The van der Waals surface area contributed by atoms with Crippen LogP contribution in [0, 0.1) is 0 Å². The van der Waals surface area contributed by atoms with E-state index in [1.165, 1.54) is 0 Å². The highest BCUT2D eigenvalue weighted by molar-refractivity contribution is 5.68. The Morgan fingerprint density at radius 2 is 1.86 bits per heavy atom. The Balaban J connectivity index is 1.50. The minimum Gasteiger partial charge on any atom is -0.507 e. The summed E-state index contributed by atoms with van der Waals surface area (Å²) in [4.78, 5) is 13.1. The first-order valence-electron chi connectivity index (χ1n) is 9.90. The molecule has 1 fully saturated rings. The minimum atomic E-state index is 0.0650. The largest absolute Gasteiger partial charge is 0.507 e. The molecule has 0 amide bonds. The fraction of sp³-hybridized carbons (Fsp3) is 0.409. The van der Waals surface area contributed by atoms with Gasteiger partial charge in [0.1, 0.15) is 11.6 Å². The second-order valence-electron chi connectivity index (χ2n) is 9.10. The molecule has 2 aromatic heterocycles. The zero-order valence-corrected chi connectivity index (χ0v) is 17.3. The molecule has 3 N–H and O–H groups in total. The second-order valence-corrected chi connectivity index (χ2v) is 9.10. The van der Waals surface area contributed by atoms with E-state index in [1.807, 2.05) is 22.9 Å². The van der Waals surface area contributed by atoms with Gasteiger partial charge in [-0.1, -0.05) is 0 Å². The number of anilines is 1. The molecule has 3 aromatic rings. The SMILES string of the molecule is CC1(C)CC(Nc2cnc(-c3ccc(-n4ccnc4)cc3O)cn2)CC(C)(C)N1. The average molecular weight is 393 g/mol. The summed E-state index contributed by atoms with van der Waals surface area (Å²) in [5, 5.41) is 17.7. The Morgan fingerprint density at radius 1 is 1.10 bits per heavy atom. The molecule has 0 saturated carbocycles. The van der Waals surface area contributed by atoms with Crippen molar-refractivity contribution >= 4 is 5.82 Å². The number of piperidine rings is 1. The van der Waals surface area contributed by atoms with Crippen molar-refractivity contribution in [2.24, 2.45) is 0 Å². The summed E-state index contributed by atoms with van der Waals surface area (Å²) in [6.45, 7) is 8.92. The molecule has 3 heterocycles. The summed E-state index contributed by atoms with van der Waals surface area (Å²) in [5.74, 6) is 0.912. The first kappa shape index (κ1) is 19.4. The smallest absolute Gasteiger partial charge is 0.144 e. The lowest BCUT2D eigenvalue weighted by Crippen LogP contribution is -2.60. The summed E-state index contributed by atoms with van der Waals surface area (Å²) < 4.78 is 1.84. The lowest BCUT2D eigenvalue weighted by molar-refractivity contribution is 0.170. The summed E-state index contributed by atoms with van der Waals surface area (Å²) in [7, 11) is 0. The van der Waals surface area contributed by atoms with Crippen LogP contribution >= 0.6 is 0 Å². The number of phenolic OH excluding ortho intramolecular Hbond substituents is 1. The van der Waals surface area contributed by atoms with Gasteiger partial charge in [-0.15, -0.1) is 0 Å². The molecule has 29 heavy (non-hydrogen) atoms. The minimum absolute atomic E-state index is 0.0650. The summed E-state index contributed by atoms with van der Waals surface area (Å²) in [6, 6.07) is 5.79. The number of hydrogen-bond donors (Lipinski definition) is 3. The van der Waals surface area contributed by atoms with Crippen LogP contribution in [0.4, 0.5) is 5.82 Å². The van der Waals surface area contributed by atoms with E-state index in [-0.39, 0.29) is 16.8 Å². The van der Waals surface area contributed by atoms with Gasteiger partial charge in [0.25, 0.3) is 0 Å². The van der Waals surface area contributed by atoms with Gasteiger partial charge in [0.05, 0.1) is 30.1 Å². The van der Waals surface area contributed by atoms with E-state index in [1.54, 1.807) is 31.0 Å². The number of nitrogens with zero attached hydrogens (tertiary/aromatic N) is 4. The molecule has 1 aromatic carbocycles. The van der Waals surface area contributed by atoms with Crippen LogP contribution in [0.3, 0.4) is 0 Å². The highest BCUT2D eigenvalue weighted by atomic mass is 16.3. The van der Waals surface area contributed by atoms with Crippen LogP contribution in [0.2, 0.25) is 0 Å². The number of imidazole rings is 1. The topological polar surface area (TPSA) is 87.9 Å². The van der Waals surface area contributed by atoms with E-state index in [0.717, 1.165) is 24.3 Å². The molecule has 7 nitrogen and oxygen atoms in total. The Morgan fingerprint density at radius 3 is 2.45 bits per heavy atom. The van der Waals surface area contributed by atoms with E-state index in [9.17, 15) is 5.11 Å². The van der Waals surface area contributed by atoms with Crippen molar-refractivity contribution in [1.29, 1.82) is 0 Å². The fourth-order valence-electron chi connectivity index (χ4n) is 4.48. The number of hydrogen-bond acceptors (Lipinski definition) is 6. The van der Waals surface area contributed by atoms with Crippen LogP contribution in [-0.4, -0.2) is 41.7 Å². The molecular weight excluding hydrogens is 364 g/mol. The van der Waals surface area contributed by atoms with Crippen molar-refractivity contribution in [1.82, 2.24) is 24.8 Å². The lowest BCUT2D eigenvalue weighted by Gasteiger charge is -2.46. The van der Waals surface area contributed by atoms with E-state index in [2.05, 4.69) is 53.3 Å². The van der Waals surface area contributed by atoms with Crippen LogP contribution in [0.5, 0.6) is 5.75 Å². The molecule has 0 aliphatic carbocycles. The normalized spacial score (nSPS) is 18.5. The van der Waals surface area contributed by atoms with E-state index >= 15 is 0 Å². The maximum absolute atomic E-state index is 10.5. The molecule has 1 aliphatic heterocycles. The molecular formula is C22H28N6O. The van der Waals surface area contributed by atoms with Crippen LogP contribution in [-0.2, 0) is 0 Å². The van der Waals surface area contributed by atoms with Gasteiger partial charge >= 0.3 is 0 Å². The Kier molecular flexibility index (Phi) is 4.78. The Bertz CT molecular complexity index is 963. The highest BCUT2D eigenvalue weighted by Crippen LogP contribution is 2.32. The number of aromatic hydroxyl groups is 1. The molecule has 0 radical (unpaired) electrons. The maximum Gasteiger partial charge on any atom is 0.144 e. The monoisotopic (exact) mass is 392 g/mol. The first-order valence-corrected chi connectivity index (χ1v) is 9.90. The molecule has 152 valence electrons. The number of aromatic nitrogens is 4. The van der Waals surface area contributed by atoms with Gasteiger partial charge in [0.15, 0.2) is 0 Å². The molecule has 1 saturated heterocycles. The average Bonchev–Trinajstić information content (AvgIpc) is 3.14. The zero-order valence-electron chi connectivity index (χ0n) is 17.3. The molecule has 0 unspecified atom stereocenters. The summed E-state index contributed by atoms with van der Waals surface area (Å²) in [5.41, 5.74) is 2.25. The van der Waals surface area contributed by atoms with Crippen LogP contribution in [0.1, 0.15) is 40.5 Å². The fourth-order valence-corrected chi connectivity index (χ4v) is 4.48. The Hall–Kier alpha value is -2.93. The zero-order chi connectivity index (χ0) is 20.6. The van der Waals surface area contributed by atoms with Gasteiger partial charge in [-0.2, -0.15) is 0 Å². The van der Waals surface area contributed by atoms with Gasteiger partial charge in [-0.25, -0.2) is 9.97 Å². The molecule has 0 bridgehead atoms. The molecule has 4 rings (SSSR count). The van der Waals surface area contributed by atoms with Crippen molar-refractivity contribution in [3.63, 3.8) is 0 Å². The molecule has 1 aliphatic rings. The quantitative estimate of drug-likeness (QED) is 0.627. The van der Waals surface area contributed by atoms with Gasteiger partial charge in [0.2, 0.25) is 0 Å². The van der Waals surface area contributed by atoms with E-state index < -0.39 is 0 Å². The molecule has 7 heteroatoms. The van der Waals surface area contributed by atoms with E-state index in [0.29, 0.717) is 17.3 Å². The summed E-state index contributed by atoms with van der Waals surface area (Å²) >= 11 is 0. The van der Waals surface area contributed by atoms with Gasteiger partial charge in [0, 0.05) is 41.1 Å². The predicted octanol–water partition coefficient (Wildman–Crippen LogP) is 3.76. The standard InChI is InChI=1S/C22H28N6O/c1-21(2)10-15(11-22(3,4)27-21)26-20-13-24-18(12-25-20)17-6-5-16(9-19(17)29)28-8-7-23-14-28/h5-9,12-15,27,29H,10-11H2,1-4H3,(H,25,26). The van der Waals surface area contributed by atoms with Gasteiger partial charge in [-0.05, 0) is 52.7 Å². The Labute approximate surface area is 171 Å². The van der Waals surface area contributed by atoms with Gasteiger partial charge in [-0.3, -0.25) is 4.98 Å². The summed E-state index contributed by atoms with van der Waals surface area (Å²) in [6.07, 6.45) is 10.7. The number of benzene rings is 1. The van der Waals surface area contributed by atoms with Crippen molar-refractivity contribution in [2.45, 2.75) is 57.7 Å². The predicted molar refractivity (Wildman–Crippen MR) is 114 cm³/mol. The molecule has 0 atom stereocenters. The first-order chi connectivity index (χ1) is 13.7. The number of rotatable bonds is 4. The molecule has 0 spiro atoms. The third kappa shape index (κ3) is 4.40. The van der Waals surface area contributed by atoms with Crippen LogP contribution < -0.4 is 10.6 Å². The van der Waals surface area contributed by atoms with Crippen molar-refractivity contribution < 1.29 is 5.11 Å². The number of nitrogens with one attached hydrogen (secondary N) is 2. The van der Waals surface area contributed by atoms with Crippen molar-refractivity contribution in [3.05, 3.63) is 49.3 Å². The number of phenols is 1.